The van der Waals surface area contributed by atoms with E-state index in [0.717, 1.165) is 32.3 Å². The molecule has 2 heterocycles. The molecule has 120 valence electrons. The summed E-state index contributed by atoms with van der Waals surface area (Å²) >= 11 is 0. The van der Waals surface area contributed by atoms with Gasteiger partial charge in [0.15, 0.2) is 0 Å². The van der Waals surface area contributed by atoms with E-state index >= 15 is 0 Å². The van der Waals surface area contributed by atoms with Crippen molar-refractivity contribution in [2.24, 2.45) is 11.8 Å². The number of rotatable bonds is 4. The Kier molecular flexibility index (Phi) is 5.45. The van der Waals surface area contributed by atoms with Crippen LogP contribution >= 0.6 is 0 Å². The van der Waals surface area contributed by atoms with E-state index in [9.17, 15) is 14.7 Å². The summed E-state index contributed by atoms with van der Waals surface area (Å²) in [5.74, 6) is -0.572. The Balaban J connectivity index is 1.90. The van der Waals surface area contributed by atoms with Crippen LogP contribution in [0.1, 0.15) is 39.5 Å². The van der Waals surface area contributed by atoms with E-state index in [4.69, 9.17) is 4.74 Å². The third-order valence-electron chi connectivity index (χ3n) is 4.71. The zero-order valence-corrected chi connectivity index (χ0v) is 12.9. The molecule has 6 heteroatoms. The quantitative estimate of drug-likeness (QED) is 0.828. The number of hydrogen-bond acceptors (Lipinski definition) is 3. The molecule has 0 radical (unpaired) electrons. The number of carbonyl (C=O) groups excluding carboxylic acids is 1. The Labute approximate surface area is 125 Å². The number of carboxylic acids is 1. The van der Waals surface area contributed by atoms with Crippen LogP contribution in [-0.2, 0) is 9.53 Å². The van der Waals surface area contributed by atoms with Crippen LogP contribution in [0.5, 0.6) is 0 Å². The van der Waals surface area contributed by atoms with Crippen molar-refractivity contribution in [1.82, 2.24) is 10.2 Å². The summed E-state index contributed by atoms with van der Waals surface area (Å²) in [5, 5.41) is 12.3. The van der Waals surface area contributed by atoms with Crippen molar-refractivity contribution in [2.45, 2.75) is 51.7 Å². The highest BCUT2D eigenvalue weighted by Gasteiger charge is 2.37. The minimum Gasteiger partial charge on any atom is -0.480 e. The summed E-state index contributed by atoms with van der Waals surface area (Å²) in [4.78, 5) is 25.2. The first-order valence-corrected chi connectivity index (χ1v) is 7.93. The van der Waals surface area contributed by atoms with Gasteiger partial charge < -0.3 is 20.1 Å². The van der Waals surface area contributed by atoms with E-state index in [2.05, 4.69) is 12.2 Å². The predicted octanol–water partition coefficient (Wildman–Crippen LogP) is 1.70. The van der Waals surface area contributed by atoms with Crippen molar-refractivity contribution in [1.29, 1.82) is 0 Å². The molecule has 4 unspecified atom stereocenters. The fraction of sp³-hybridized carbons (Fsp3) is 0.867. The molecule has 0 saturated carbocycles. The highest BCUT2D eigenvalue weighted by Crippen LogP contribution is 2.25. The SMILES string of the molecule is CCC1OCCC1CNC(=O)N1CCCC(C)C1C(=O)O. The molecule has 0 aliphatic carbocycles. The van der Waals surface area contributed by atoms with E-state index in [1.165, 1.54) is 4.90 Å². The molecule has 2 saturated heterocycles. The molecule has 0 bridgehead atoms. The Morgan fingerprint density at radius 2 is 2.14 bits per heavy atom. The zero-order chi connectivity index (χ0) is 15.4. The van der Waals surface area contributed by atoms with Crippen LogP contribution in [0.15, 0.2) is 0 Å². The van der Waals surface area contributed by atoms with Gasteiger partial charge in [0, 0.05) is 25.6 Å². The lowest BCUT2D eigenvalue weighted by atomic mass is 9.91. The van der Waals surface area contributed by atoms with Gasteiger partial charge in [-0.05, 0) is 31.6 Å². The predicted molar refractivity (Wildman–Crippen MR) is 78.1 cm³/mol. The first kappa shape index (κ1) is 16.1. The van der Waals surface area contributed by atoms with Gasteiger partial charge in [-0.1, -0.05) is 13.8 Å². The molecular formula is C15H26N2O4. The molecule has 6 nitrogen and oxygen atoms in total. The number of likely N-dealkylation sites (tertiary alicyclic amines) is 1. The van der Waals surface area contributed by atoms with Crippen molar-refractivity contribution >= 4 is 12.0 Å². The third-order valence-corrected chi connectivity index (χ3v) is 4.71. The summed E-state index contributed by atoms with van der Waals surface area (Å²) in [6, 6.07) is -0.962. The average molecular weight is 298 g/mol. The lowest BCUT2D eigenvalue weighted by molar-refractivity contribution is -0.145. The van der Waals surface area contributed by atoms with Crippen molar-refractivity contribution < 1.29 is 19.4 Å². The number of hydrogen-bond donors (Lipinski definition) is 2. The van der Waals surface area contributed by atoms with Crippen molar-refractivity contribution in [3.8, 4) is 0 Å². The number of nitrogens with one attached hydrogen (secondary N) is 1. The number of urea groups is 1. The second-order valence-electron chi connectivity index (χ2n) is 6.15. The highest BCUT2D eigenvalue weighted by atomic mass is 16.5. The van der Waals surface area contributed by atoms with Gasteiger partial charge in [-0.3, -0.25) is 0 Å². The zero-order valence-electron chi connectivity index (χ0n) is 12.9. The van der Waals surface area contributed by atoms with Crippen LogP contribution in [0.25, 0.3) is 0 Å². The number of amides is 2. The molecular weight excluding hydrogens is 272 g/mol. The van der Waals surface area contributed by atoms with Crippen LogP contribution < -0.4 is 5.32 Å². The van der Waals surface area contributed by atoms with Crippen LogP contribution in [0, 0.1) is 11.8 Å². The van der Waals surface area contributed by atoms with Crippen LogP contribution in [0.4, 0.5) is 4.79 Å². The van der Waals surface area contributed by atoms with Crippen molar-refractivity contribution in [2.75, 3.05) is 19.7 Å². The molecule has 2 aliphatic heterocycles. The first-order chi connectivity index (χ1) is 10.0. The lowest BCUT2D eigenvalue weighted by Crippen LogP contribution is -2.55. The maximum atomic E-state index is 12.3. The van der Waals surface area contributed by atoms with Gasteiger partial charge in [0.1, 0.15) is 6.04 Å². The van der Waals surface area contributed by atoms with E-state index < -0.39 is 12.0 Å². The maximum Gasteiger partial charge on any atom is 0.326 e. The van der Waals surface area contributed by atoms with E-state index in [1.54, 1.807) is 0 Å². The molecule has 2 amide bonds. The third kappa shape index (κ3) is 3.67. The summed E-state index contributed by atoms with van der Waals surface area (Å²) in [7, 11) is 0. The largest absolute Gasteiger partial charge is 0.480 e. The smallest absolute Gasteiger partial charge is 0.326 e. The number of piperidine rings is 1. The van der Waals surface area contributed by atoms with Gasteiger partial charge in [-0.15, -0.1) is 0 Å². The standard InChI is InChI=1S/C15H26N2O4/c1-3-12-11(6-8-21-12)9-16-15(20)17-7-4-5-10(2)13(17)14(18)19/h10-13H,3-9H2,1-2H3,(H,16,20)(H,18,19). The number of nitrogens with zero attached hydrogens (tertiary/aromatic N) is 1. The minimum atomic E-state index is -0.909. The number of carboxylic acid groups (broad SMARTS) is 1. The lowest BCUT2D eigenvalue weighted by Gasteiger charge is -2.37. The van der Waals surface area contributed by atoms with Gasteiger partial charge in [-0.25, -0.2) is 9.59 Å². The Hall–Kier alpha value is -1.30. The summed E-state index contributed by atoms with van der Waals surface area (Å²) < 4.78 is 5.61. The normalized spacial score (nSPS) is 33.0. The molecule has 21 heavy (non-hydrogen) atoms. The maximum absolute atomic E-state index is 12.3. The second-order valence-corrected chi connectivity index (χ2v) is 6.15. The molecule has 0 aromatic carbocycles. The fourth-order valence-corrected chi connectivity index (χ4v) is 3.49. The van der Waals surface area contributed by atoms with Crippen molar-refractivity contribution in [3.63, 3.8) is 0 Å². The molecule has 2 fully saturated rings. The topological polar surface area (TPSA) is 78.9 Å². The fourth-order valence-electron chi connectivity index (χ4n) is 3.49. The summed E-state index contributed by atoms with van der Waals surface area (Å²) in [6.45, 7) is 5.81. The van der Waals surface area contributed by atoms with Gasteiger partial charge in [0.05, 0.1) is 6.10 Å². The Bertz CT molecular complexity index is 388. The Morgan fingerprint density at radius 3 is 2.81 bits per heavy atom. The summed E-state index contributed by atoms with van der Waals surface area (Å²) in [5.41, 5.74) is 0. The molecule has 2 rings (SSSR count). The molecule has 4 atom stereocenters. The Morgan fingerprint density at radius 1 is 1.38 bits per heavy atom. The van der Waals surface area contributed by atoms with Crippen molar-refractivity contribution in [3.05, 3.63) is 0 Å². The number of ether oxygens (including phenoxy) is 1. The second kappa shape index (κ2) is 7.11. The molecule has 2 aliphatic rings. The van der Waals surface area contributed by atoms with Crippen LogP contribution in [0.3, 0.4) is 0 Å². The van der Waals surface area contributed by atoms with E-state index in [1.807, 2.05) is 6.92 Å². The highest BCUT2D eigenvalue weighted by molar-refractivity contribution is 5.83. The minimum absolute atomic E-state index is 0.000189. The average Bonchev–Trinajstić information content (AvgIpc) is 2.91. The van der Waals surface area contributed by atoms with Gasteiger partial charge in [0.25, 0.3) is 0 Å². The molecule has 2 N–H and O–H groups in total. The first-order valence-electron chi connectivity index (χ1n) is 7.93. The number of aliphatic carboxylic acids is 1. The summed E-state index contributed by atoms with van der Waals surface area (Å²) in [6.07, 6.45) is 3.83. The monoisotopic (exact) mass is 298 g/mol. The van der Waals surface area contributed by atoms with Gasteiger partial charge >= 0.3 is 12.0 Å². The van der Waals surface area contributed by atoms with E-state index in [0.29, 0.717) is 19.0 Å². The van der Waals surface area contributed by atoms with Crippen LogP contribution in [0.2, 0.25) is 0 Å². The number of carbonyl (C=O) groups is 2. The molecule has 0 spiro atoms. The van der Waals surface area contributed by atoms with Gasteiger partial charge in [0.2, 0.25) is 0 Å². The van der Waals surface area contributed by atoms with E-state index in [-0.39, 0.29) is 18.1 Å². The molecule has 0 aromatic heterocycles. The van der Waals surface area contributed by atoms with Crippen LogP contribution in [-0.4, -0.2) is 53.8 Å². The van der Waals surface area contributed by atoms with Gasteiger partial charge in [-0.2, -0.15) is 0 Å². The molecule has 0 aromatic rings.